The number of likely N-dealkylation sites (tertiary alicyclic amines) is 1. The molecule has 0 unspecified atom stereocenters. The lowest BCUT2D eigenvalue weighted by atomic mass is 9.84. The summed E-state index contributed by atoms with van der Waals surface area (Å²) in [6, 6.07) is 1.62. The molecule has 1 heterocycles. The van der Waals surface area contributed by atoms with Crippen LogP contribution in [0.1, 0.15) is 58.3 Å². The molecular formula is C26H46N6O5. The molecule has 2 amide bonds. The maximum atomic E-state index is 13.7. The molecular weight excluding hydrogens is 476 g/mol. The molecule has 1 saturated heterocycles. The van der Waals surface area contributed by atoms with Gasteiger partial charge in [-0.15, -0.1) is 0 Å². The Kier molecular flexibility index (Phi) is 13.7. The van der Waals surface area contributed by atoms with Gasteiger partial charge in [-0.05, 0) is 39.2 Å². The van der Waals surface area contributed by atoms with Crippen LogP contribution < -0.4 is 10.6 Å². The average molecular weight is 523 g/mol. The Morgan fingerprint density at radius 3 is 2.30 bits per heavy atom. The van der Waals surface area contributed by atoms with E-state index in [9.17, 15) is 14.9 Å². The molecule has 11 heteroatoms. The topological polar surface area (TPSA) is 129 Å². The van der Waals surface area contributed by atoms with Gasteiger partial charge in [-0.2, -0.15) is 5.26 Å². The lowest BCUT2D eigenvalue weighted by Gasteiger charge is -2.37. The number of nitriles is 1. The lowest BCUT2D eigenvalue weighted by Crippen LogP contribution is -2.56. The van der Waals surface area contributed by atoms with Crippen LogP contribution in [0.25, 0.3) is 0 Å². The summed E-state index contributed by atoms with van der Waals surface area (Å²) in [5.41, 5.74) is -0.912. The van der Waals surface area contributed by atoms with Gasteiger partial charge in [0.15, 0.2) is 0 Å². The summed E-state index contributed by atoms with van der Waals surface area (Å²) in [4.78, 5) is 35.0. The molecule has 2 fully saturated rings. The predicted octanol–water partition coefficient (Wildman–Crippen LogP) is 2.13. The zero-order valence-electron chi connectivity index (χ0n) is 23.1. The van der Waals surface area contributed by atoms with Gasteiger partial charge in [0, 0.05) is 40.4 Å². The highest BCUT2D eigenvalue weighted by Gasteiger charge is 2.38. The van der Waals surface area contributed by atoms with Crippen molar-refractivity contribution >= 4 is 18.0 Å². The van der Waals surface area contributed by atoms with E-state index >= 15 is 0 Å². The van der Waals surface area contributed by atoms with Crippen LogP contribution >= 0.6 is 0 Å². The fourth-order valence-electron chi connectivity index (χ4n) is 4.87. The van der Waals surface area contributed by atoms with Crippen LogP contribution in [0.2, 0.25) is 0 Å². The lowest BCUT2D eigenvalue weighted by molar-refractivity contribution is -0.124. The van der Waals surface area contributed by atoms with E-state index in [4.69, 9.17) is 19.2 Å². The molecule has 0 aromatic heterocycles. The largest absolute Gasteiger partial charge is 0.450 e. The monoisotopic (exact) mass is 522 g/mol. The Morgan fingerprint density at radius 2 is 1.76 bits per heavy atom. The number of guanidine groups is 1. The Labute approximate surface area is 221 Å². The highest BCUT2D eigenvalue weighted by Crippen LogP contribution is 2.29. The predicted molar refractivity (Wildman–Crippen MR) is 141 cm³/mol. The van der Waals surface area contributed by atoms with E-state index in [2.05, 4.69) is 21.6 Å². The maximum Gasteiger partial charge on any atom is 0.413 e. The van der Waals surface area contributed by atoms with Crippen LogP contribution in [0.4, 0.5) is 4.79 Å². The van der Waals surface area contributed by atoms with Crippen molar-refractivity contribution in [2.45, 2.75) is 69.9 Å². The molecule has 0 aromatic carbocycles. The molecule has 0 bridgehead atoms. The van der Waals surface area contributed by atoms with Crippen LogP contribution in [0.5, 0.6) is 0 Å². The van der Waals surface area contributed by atoms with Crippen molar-refractivity contribution < 1.29 is 23.8 Å². The first-order chi connectivity index (χ1) is 17.9. The smallest absolute Gasteiger partial charge is 0.413 e. The van der Waals surface area contributed by atoms with Crippen LogP contribution in [0.3, 0.4) is 0 Å². The second kappa shape index (κ2) is 16.4. The Bertz CT molecular complexity index is 764. The minimum Gasteiger partial charge on any atom is -0.450 e. The van der Waals surface area contributed by atoms with Gasteiger partial charge in [0.05, 0.1) is 25.9 Å². The van der Waals surface area contributed by atoms with Crippen molar-refractivity contribution in [3.63, 3.8) is 0 Å². The number of piperidine rings is 1. The first-order valence-corrected chi connectivity index (χ1v) is 13.5. The normalized spacial score (nSPS) is 19.5. The minimum atomic E-state index is -0.912. The van der Waals surface area contributed by atoms with E-state index in [0.717, 1.165) is 38.8 Å². The fraction of sp³-hybridized carbons (Fsp3) is 0.846. The van der Waals surface area contributed by atoms with Gasteiger partial charge < -0.3 is 29.3 Å². The maximum absolute atomic E-state index is 13.7. The molecule has 1 aliphatic heterocycles. The summed E-state index contributed by atoms with van der Waals surface area (Å²) < 4.78 is 15.7. The van der Waals surface area contributed by atoms with Gasteiger partial charge >= 0.3 is 6.09 Å². The van der Waals surface area contributed by atoms with Crippen molar-refractivity contribution in [2.75, 3.05) is 67.3 Å². The number of carbonyl (C=O) groups is 2. The highest BCUT2D eigenvalue weighted by atomic mass is 16.5. The molecule has 1 aliphatic carbocycles. The molecule has 210 valence electrons. The van der Waals surface area contributed by atoms with Gasteiger partial charge in [-0.25, -0.2) is 9.79 Å². The SMILES string of the molecule is CCOC(=O)NC(=N[C@@H](CC1CCCCC1)C(=O)NC1(C#N)CCN(C)CC1)N(CCOC)CCOC. The highest BCUT2D eigenvalue weighted by molar-refractivity contribution is 5.96. The number of amides is 2. The van der Waals surface area contributed by atoms with E-state index in [1.807, 2.05) is 11.9 Å². The zero-order valence-corrected chi connectivity index (χ0v) is 23.1. The van der Waals surface area contributed by atoms with Crippen molar-refractivity contribution in [2.24, 2.45) is 10.9 Å². The second-order valence-corrected chi connectivity index (χ2v) is 10.0. The van der Waals surface area contributed by atoms with Gasteiger partial charge in [-0.3, -0.25) is 10.1 Å². The van der Waals surface area contributed by atoms with E-state index < -0.39 is 17.7 Å². The molecule has 0 radical (unpaired) electrons. The first-order valence-electron chi connectivity index (χ1n) is 13.5. The third-order valence-corrected chi connectivity index (χ3v) is 7.20. The summed E-state index contributed by atoms with van der Waals surface area (Å²) in [6.45, 7) is 5.10. The van der Waals surface area contributed by atoms with E-state index in [-0.39, 0.29) is 18.5 Å². The number of ether oxygens (including phenoxy) is 3. The number of nitrogens with zero attached hydrogens (tertiary/aromatic N) is 4. The van der Waals surface area contributed by atoms with E-state index in [1.165, 1.54) is 6.42 Å². The van der Waals surface area contributed by atoms with Crippen molar-refractivity contribution in [3.8, 4) is 6.07 Å². The Balaban J connectivity index is 2.37. The van der Waals surface area contributed by atoms with Crippen LogP contribution in [0, 0.1) is 17.2 Å². The number of aliphatic imine (C=N–C) groups is 1. The number of alkyl carbamates (subject to hydrolysis) is 1. The molecule has 1 atom stereocenters. The number of hydrogen-bond donors (Lipinski definition) is 2. The summed E-state index contributed by atoms with van der Waals surface area (Å²) >= 11 is 0. The van der Waals surface area contributed by atoms with Crippen molar-refractivity contribution in [3.05, 3.63) is 0 Å². The number of nitrogens with one attached hydrogen (secondary N) is 2. The van der Waals surface area contributed by atoms with Gasteiger partial charge in [0.2, 0.25) is 11.9 Å². The first kappa shape index (κ1) is 30.8. The molecule has 2 rings (SSSR count). The third kappa shape index (κ3) is 10.5. The fourth-order valence-corrected chi connectivity index (χ4v) is 4.87. The molecule has 0 spiro atoms. The van der Waals surface area contributed by atoms with Gasteiger partial charge in [0.1, 0.15) is 11.6 Å². The van der Waals surface area contributed by atoms with Crippen LogP contribution in [0.15, 0.2) is 4.99 Å². The molecule has 0 aromatic rings. The Morgan fingerprint density at radius 1 is 1.14 bits per heavy atom. The number of hydrogen-bond acceptors (Lipinski definition) is 8. The van der Waals surface area contributed by atoms with Gasteiger partial charge in [-0.1, -0.05) is 32.1 Å². The molecule has 37 heavy (non-hydrogen) atoms. The van der Waals surface area contributed by atoms with E-state index in [1.54, 1.807) is 21.1 Å². The molecule has 2 N–H and O–H groups in total. The quantitative estimate of drug-likeness (QED) is 0.295. The van der Waals surface area contributed by atoms with E-state index in [0.29, 0.717) is 51.5 Å². The molecule has 1 saturated carbocycles. The van der Waals surface area contributed by atoms with Gasteiger partial charge in [0.25, 0.3) is 0 Å². The summed E-state index contributed by atoms with van der Waals surface area (Å²) in [6.07, 6.45) is 6.62. The summed E-state index contributed by atoms with van der Waals surface area (Å²) in [7, 11) is 5.22. The number of carbonyl (C=O) groups excluding carboxylic acids is 2. The second-order valence-electron chi connectivity index (χ2n) is 10.0. The van der Waals surface area contributed by atoms with Crippen LogP contribution in [-0.4, -0.2) is 107 Å². The number of methoxy groups -OCH3 is 2. The van der Waals surface area contributed by atoms with Crippen molar-refractivity contribution in [1.29, 1.82) is 5.26 Å². The standard InChI is InChI=1S/C26H46N6O5/c1-5-37-25(34)29-24(32(15-17-35-3)16-18-36-4)28-22(19-21-9-7-6-8-10-21)23(33)30-26(20-27)11-13-31(2)14-12-26/h21-22H,5-19H2,1-4H3,(H,30,33)(H,28,29,34)/t22-/m0/s1. The van der Waals surface area contributed by atoms with Crippen molar-refractivity contribution in [1.82, 2.24) is 20.4 Å². The zero-order chi connectivity index (χ0) is 27.1. The molecule has 2 aliphatic rings. The van der Waals surface area contributed by atoms with Crippen LogP contribution in [-0.2, 0) is 19.0 Å². The number of rotatable bonds is 12. The average Bonchev–Trinajstić information content (AvgIpc) is 2.90. The third-order valence-electron chi connectivity index (χ3n) is 7.20. The minimum absolute atomic E-state index is 0.209. The summed E-state index contributed by atoms with van der Waals surface area (Å²) in [5.74, 6) is 0.329. The summed E-state index contributed by atoms with van der Waals surface area (Å²) in [5, 5.41) is 15.8. The molecule has 11 nitrogen and oxygen atoms in total. The Hall–Kier alpha value is -2.42.